The largest absolute Gasteiger partial charge is 0.459 e. The average Bonchev–Trinajstić information content (AvgIpc) is 3.11. The van der Waals surface area contributed by atoms with Crippen molar-refractivity contribution in [1.29, 1.82) is 0 Å². The average molecular weight is 329 g/mol. The number of benzene rings is 2. The number of aromatic nitrogens is 2. The van der Waals surface area contributed by atoms with Crippen LogP contribution < -0.4 is 5.32 Å². The van der Waals surface area contributed by atoms with Crippen molar-refractivity contribution in [2.75, 3.05) is 0 Å². The maximum absolute atomic E-state index is 12.6. The van der Waals surface area contributed by atoms with Crippen LogP contribution in [0.25, 0.3) is 11.0 Å². The first kappa shape index (κ1) is 15.1. The quantitative estimate of drug-likeness (QED) is 0.619. The lowest BCUT2D eigenvalue weighted by atomic mass is 10.0. The molecule has 5 heteroatoms. The van der Waals surface area contributed by atoms with Gasteiger partial charge in [0.1, 0.15) is 23.1 Å². The summed E-state index contributed by atoms with van der Waals surface area (Å²) in [4.78, 5) is 20.6. The molecule has 0 saturated heterocycles. The first-order valence-corrected chi connectivity index (χ1v) is 7.91. The van der Waals surface area contributed by atoms with E-state index >= 15 is 0 Å². The third-order valence-corrected chi connectivity index (χ3v) is 3.93. The van der Waals surface area contributed by atoms with Crippen molar-refractivity contribution in [3.8, 4) is 0 Å². The maximum Gasteiger partial charge on any atom is 0.272 e. The second-order valence-corrected chi connectivity index (χ2v) is 5.59. The zero-order valence-electron chi connectivity index (χ0n) is 13.3. The second-order valence-electron chi connectivity index (χ2n) is 5.59. The molecule has 1 atom stereocenters. The van der Waals surface area contributed by atoms with Crippen LogP contribution in [0.15, 0.2) is 83.7 Å². The Hall–Kier alpha value is -3.47. The summed E-state index contributed by atoms with van der Waals surface area (Å²) in [5.41, 5.74) is 1.98. The Morgan fingerprint density at radius 1 is 1.00 bits per heavy atom. The van der Waals surface area contributed by atoms with Crippen molar-refractivity contribution in [3.63, 3.8) is 0 Å². The Morgan fingerprint density at radius 2 is 1.80 bits per heavy atom. The van der Waals surface area contributed by atoms with Crippen LogP contribution in [0, 0.1) is 0 Å². The highest BCUT2D eigenvalue weighted by Crippen LogP contribution is 2.28. The number of carbonyl (C=O) groups is 1. The highest BCUT2D eigenvalue weighted by atomic mass is 16.3. The van der Waals surface area contributed by atoms with Gasteiger partial charge in [0.15, 0.2) is 0 Å². The molecule has 4 aromatic rings. The van der Waals surface area contributed by atoms with Gasteiger partial charge in [-0.05, 0) is 17.7 Å². The van der Waals surface area contributed by atoms with Crippen molar-refractivity contribution in [2.24, 2.45) is 0 Å². The van der Waals surface area contributed by atoms with E-state index in [1.54, 1.807) is 0 Å². The van der Waals surface area contributed by atoms with Crippen molar-refractivity contribution in [3.05, 3.63) is 96.3 Å². The fourth-order valence-electron chi connectivity index (χ4n) is 2.73. The number of nitrogens with zero attached hydrogens (tertiary/aromatic N) is 2. The predicted molar refractivity (Wildman–Crippen MR) is 94.0 cm³/mol. The number of rotatable bonds is 4. The molecule has 0 saturated carbocycles. The van der Waals surface area contributed by atoms with Gasteiger partial charge in [0.05, 0.1) is 6.20 Å². The molecule has 0 radical (unpaired) electrons. The molecule has 0 spiro atoms. The van der Waals surface area contributed by atoms with Gasteiger partial charge in [-0.15, -0.1) is 0 Å². The van der Waals surface area contributed by atoms with Crippen LogP contribution in [0.5, 0.6) is 0 Å². The summed E-state index contributed by atoms with van der Waals surface area (Å²) in [7, 11) is 0. The van der Waals surface area contributed by atoms with E-state index in [2.05, 4.69) is 15.3 Å². The molecule has 25 heavy (non-hydrogen) atoms. The van der Waals surface area contributed by atoms with E-state index in [1.165, 1.54) is 18.6 Å². The van der Waals surface area contributed by atoms with Crippen LogP contribution in [0.1, 0.15) is 27.9 Å². The lowest BCUT2D eigenvalue weighted by molar-refractivity contribution is 0.0934. The summed E-state index contributed by atoms with van der Waals surface area (Å²) in [5, 5.41) is 3.98. The van der Waals surface area contributed by atoms with Gasteiger partial charge in [0.2, 0.25) is 0 Å². The normalized spacial score (nSPS) is 12.0. The van der Waals surface area contributed by atoms with Crippen molar-refractivity contribution in [2.45, 2.75) is 6.04 Å². The van der Waals surface area contributed by atoms with E-state index in [9.17, 15) is 4.79 Å². The number of hydrogen-bond donors (Lipinski definition) is 1. The number of hydrogen-bond acceptors (Lipinski definition) is 4. The van der Waals surface area contributed by atoms with Crippen molar-refractivity contribution >= 4 is 16.9 Å². The minimum Gasteiger partial charge on any atom is -0.459 e. The number of fused-ring (bicyclic) bond motifs is 1. The summed E-state index contributed by atoms with van der Waals surface area (Å²) in [6.45, 7) is 0. The molecule has 2 aromatic heterocycles. The summed E-state index contributed by atoms with van der Waals surface area (Å²) in [6, 6.07) is 19.0. The number of amides is 1. The fourth-order valence-corrected chi connectivity index (χ4v) is 2.73. The van der Waals surface area contributed by atoms with E-state index in [4.69, 9.17) is 4.42 Å². The Bertz CT molecular complexity index is 964. The standard InChI is InChI=1S/C20H15N3O2/c24-20(16-13-21-10-11-22-16)23-19(14-6-2-1-3-7-14)18-12-15-8-4-5-9-17(15)25-18/h1-13,19H,(H,23,24)/t19-/m1/s1. The molecule has 2 heterocycles. The minimum absolute atomic E-state index is 0.263. The monoisotopic (exact) mass is 329 g/mol. The summed E-state index contributed by atoms with van der Waals surface area (Å²) in [6.07, 6.45) is 4.47. The van der Waals surface area contributed by atoms with Gasteiger partial charge in [0.25, 0.3) is 5.91 Å². The van der Waals surface area contributed by atoms with Crippen LogP contribution in [-0.2, 0) is 0 Å². The smallest absolute Gasteiger partial charge is 0.272 e. The molecule has 0 aliphatic carbocycles. The molecule has 122 valence electrons. The molecule has 4 rings (SSSR count). The summed E-state index contributed by atoms with van der Waals surface area (Å²) in [5.74, 6) is 0.368. The molecule has 1 N–H and O–H groups in total. The van der Waals surface area contributed by atoms with Crippen LogP contribution in [-0.4, -0.2) is 15.9 Å². The number of para-hydroxylation sites is 1. The SMILES string of the molecule is O=C(N[C@H](c1ccccc1)c1cc2ccccc2o1)c1cnccn1. The van der Waals surface area contributed by atoms with Crippen LogP contribution in [0.4, 0.5) is 0 Å². The Morgan fingerprint density at radius 3 is 2.56 bits per heavy atom. The van der Waals surface area contributed by atoms with Gasteiger partial charge >= 0.3 is 0 Å². The van der Waals surface area contributed by atoms with E-state index in [0.29, 0.717) is 5.76 Å². The topological polar surface area (TPSA) is 68.0 Å². The number of carbonyl (C=O) groups excluding carboxylic acids is 1. The molecule has 0 bridgehead atoms. The van der Waals surface area contributed by atoms with Gasteiger partial charge < -0.3 is 9.73 Å². The van der Waals surface area contributed by atoms with E-state index in [1.807, 2.05) is 60.7 Å². The number of nitrogens with one attached hydrogen (secondary N) is 1. The highest BCUT2D eigenvalue weighted by Gasteiger charge is 2.22. The van der Waals surface area contributed by atoms with Crippen LogP contribution in [0.2, 0.25) is 0 Å². The lowest BCUT2D eigenvalue weighted by Crippen LogP contribution is -2.29. The molecule has 0 aliphatic rings. The molecular weight excluding hydrogens is 314 g/mol. The fraction of sp³-hybridized carbons (Fsp3) is 0.0500. The first-order valence-electron chi connectivity index (χ1n) is 7.91. The Balaban J connectivity index is 1.73. The summed E-state index contributed by atoms with van der Waals surface area (Å²) < 4.78 is 5.97. The van der Waals surface area contributed by atoms with Crippen molar-refractivity contribution < 1.29 is 9.21 Å². The van der Waals surface area contributed by atoms with Crippen LogP contribution in [0.3, 0.4) is 0 Å². The minimum atomic E-state index is -0.414. The third kappa shape index (κ3) is 3.12. The van der Waals surface area contributed by atoms with E-state index in [0.717, 1.165) is 16.5 Å². The highest BCUT2D eigenvalue weighted by molar-refractivity contribution is 5.92. The van der Waals surface area contributed by atoms with Gasteiger partial charge in [0, 0.05) is 17.8 Å². The number of furan rings is 1. The molecule has 0 unspecified atom stereocenters. The zero-order valence-corrected chi connectivity index (χ0v) is 13.3. The van der Waals surface area contributed by atoms with E-state index in [-0.39, 0.29) is 11.6 Å². The Labute approximate surface area is 144 Å². The first-order chi connectivity index (χ1) is 12.3. The maximum atomic E-state index is 12.6. The van der Waals surface area contributed by atoms with Gasteiger partial charge in [-0.2, -0.15) is 0 Å². The van der Waals surface area contributed by atoms with Gasteiger partial charge in [-0.1, -0.05) is 48.5 Å². The van der Waals surface area contributed by atoms with Crippen LogP contribution >= 0.6 is 0 Å². The third-order valence-electron chi connectivity index (χ3n) is 3.93. The van der Waals surface area contributed by atoms with Crippen molar-refractivity contribution in [1.82, 2.24) is 15.3 Å². The molecule has 0 aliphatic heterocycles. The predicted octanol–water partition coefficient (Wildman–Crippen LogP) is 3.74. The molecule has 0 fully saturated rings. The molecular formula is C20H15N3O2. The van der Waals surface area contributed by atoms with Gasteiger partial charge in [-0.25, -0.2) is 4.98 Å². The van der Waals surface area contributed by atoms with E-state index < -0.39 is 6.04 Å². The zero-order chi connectivity index (χ0) is 17.1. The Kier molecular flexibility index (Phi) is 3.96. The molecule has 2 aromatic carbocycles. The second kappa shape index (κ2) is 6.57. The summed E-state index contributed by atoms with van der Waals surface area (Å²) >= 11 is 0. The molecule has 1 amide bonds. The lowest BCUT2D eigenvalue weighted by Gasteiger charge is -2.16. The molecule has 5 nitrogen and oxygen atoms in total. The van der Waals surface area contributed by atoms with Gasteiger partial charge in [-0.3, -0.25) is 9.78 Å².